The lowest BCUT2D eigenvalue weighted by Crippen LogP contribution is -2.31. The molecule has 118 valence electrons. The molecule has 0 radical (unpaired) electrons. The Morgan fingerprint density at radius 3 is 2.62 bits per heavy atom. The molecule has 1 aromatic rings. The lowest BCUT2D eigenvalue weighted by atomic mass is 10.4. The highest BCUT2D eigenvalue weighted by molar-refractivity contribution is 5.90. The maximum absolute atomic E-state index is 11.8. The first-order chi connectivity index (χ1) is 9.67. The zero-order valence-electron chi connectivity index (χ0n) is 11.5. The number of amides is 2. The van der Waals surface area contributed by atoms with E-state index in [0.29, 0.717) is 5.82 Å². The van der Waals surface area contributed by atoms with Crippen LogP contribution in [0.25, 0.3) is 0 Å². The van der Waals surface area contributed by atoms with Crippen LogP contribution in [0.5, 0.6) is 0 Å². The van der Waals surface area contributed by atoms with Gasteiger partial charge in [0.15, 0.2) is 6.61 Å². The second-order valence-corrected chi connectivity index (χ2v) is 4.21. The highest BCUT2D eigenvalue weighted by atomic mass is 19.4. The molecule has 0 saturated heterocycles. The molecule has 1 aromatic heterocycles. The van der Waals surface area contributed by atoms with Crippen LogP contribution in [0.4, 0.5) is 23.8 Å². The Balaban J connectivity index is 2.25. The number of ether oxygens (including phenoxy) is 1. The van der Waals surface area contributed by atoms with Crippen molar-refractivity contribution in [2.75, 3.05) is 18.5 Å². The van der Waals surface area contributed by atoms with Crippen LogP contribution in [-0.4, -0.2) is 41.1 Å². The first kappa shape index (κ1) is 16.8. The molecule has 0 aliphatic rings. The van der Waals surface area contributed by atoms with Crippen LogP contribution in [-0.2, 0) is 16.6 Å². The van der Waals surface area contributed by atoms with Gasteiger partial charge in [0.05, 0.1) is 5.69 Å². The van der Waals surface area contributed by atoms with Gasteiger partial charge in [0, 0.05) is 26.1 Å². The van der Waals surface area contributed by atoms with E-state index in [1.807, 2.05) is 5.32 Å². The van der Waals surface area contributed by atoms with E-state index in [-0.39, 0.29) is 13.0 Å². The summed E-state index contributed by atoms with van der Waals surface area (Å²) in [6.45, 7) is -0.0491. The maximum Gasteiger partial charge on any atom is 0.422 e. The summed E-state index contributed by atoms with van der Waals surface area (Å²) in [7, 11) is 1.65. The standard InChI is InChI=1S/C11H15F3N4O3/c1-7-5-8(18(2)17-7)16-9(19)3-4-15-10(20)21-6-11(12,13)14/h5H,3-4,6H2,1-2H3,(H,15,20)(H,16,19). The third-order valence-electron chi connectivity index (χ3n) is 2.26. The van der Waals surface area contributed by atoms with Crippen molar-refractivity contribution < 1.29 is 27.5 Å². The number of aryl methyl sites for hydroxylation is 2. The number of aromatic nitrogens is 2. The molecule has 0 saturated carbocycles. The summed E-state index contributed by atoms with van der Waals surface area (Å²) in [5, 5.41) is 8.62. The lowest BCUT2D eigenvalue weighted by molar-refractivity contribution is -0.160. The number of hydrogen-bond acceptors (Lipinski definition) is 4. The average molecular weight is 308 g/mol. The van der Waals surface area contributed by atoms with Gasteiger partial charge < -0.3 is 15.4 Å². The summed E-state index contributed by atoms with van der Waals surface area (Å²) in [4.78, 5) is 22.5. The Bertz CT molecular complexity index is 513. The topological polar surface area (TPSA) is 85.3 Å². The molecule has 2 N–H and O–H groups in total. The summed E-state index contributed by atoms with van der Waals surface area (Å²) in [5.74, 6) is 0.0752. The Hall–Kier alpha value is -2.26. The molecule has 7 nitrogen and oxygen atoms in total. The van der Waals surface area contributed by atoms with Gasteiger partial charge in [-0.05, 0) is 6.92 Å². The van der Waals surface area contributed by atoms with Crippen molar-refractivity contribution in [1.82, 2.24) is 15.1 Å². The van der Waals surface area contributed by atoms with Crippen molar-refractivity contribution in [3.63, 3.8) is 0 Å². The number of carbonyl (C=O) groups is 2. The van der Waals surface area contributed by atoms with Crippen molar-refractivity contribution in [3.8, 4) is 0 Å². The van der Waals surface area contributed by atoms with Crippen molar-refractivity contribution in [2.45, 2.75) is 19.5 Å². The zero-order chi connectivity index (χ0) is 16.0. The molecule has 2 amide bonds. The molecule has 10 heteroatoms. The van der Waals surface area contributed by atoms with Gasteiger partial charge in [-0.25, -0.2) is 4.79 Å². The molecule has 0 aliphatic carbocycles. The smallest absolute Gasteiger partial charge is 0.422 e. The molecule has 0 aliphatic heterocycles. The molecule has 0 fully saturated rings. The van der Waals surface area contributed by atoms with Gasteiger partial charge in [-0.2, -0.15) is 18.3 Å². The Labute approximate surface area is 118 Å². The minimum atomic E-state index is -4.58. The van der Waals surface area contributed by atoms with Crippen LogP contribution < -0.4 is 10.6 Å². The fraction of sp³-hybridized carbons (Fsp3) is 0.545. The SMILES string of the molecule is Cc1cc(NC(=O)CCNC(=O)OCC(F)(F)F)n(C)n1. The van der Waals surface area contributed by atoms with Crippen molar-refractivity contribution in [3.05, 3.63) is 11.8 Å². The minimum Gasteiger partial charge on any atom is -0.440 e. The van der Waals surface area contributed by atoms with Gasteiger partial charge in [0.2, 0.25) is 5.91 Å². The fourth-order valence-electron chi connectivity index (χ4n) is 1.41. The van der Waals surface area contributed by atoms with E-state index in [9.17, 15) is 22.8 Å². The van der Waals surface area contributed by atoms with Crippen LogP contribution in [0.3, 0.4) is 0 Å². The average Bonchev–Trinajstić information content (AvgIpc) is 2.64. The number of nitrogens with one attached hydrogen (secondary N) is 2. The van der Waals surface area contributed by atoms with Crippen LogP contribution >= 0.6 is 0 Å². The number of carbonyl (C=O) groups excluding carboxylic acids is 2. The van der Waals surface area contributed by atoms with Gasteiger partial charge in [-0.15, -0.1) is 0 Å². The van der Waals surface area contributed by atoms with E-state index in [1.165, 1.54) is 4.68 Å². The van der Waals surface area contributed by atoms with E-state index in [4.69, 9.17) is 0 Å². The van der Waals surface area contributed by atoms with Crippen molar-refractivity contribution in [2.24, 2.45) is 7.05 Å². The van der Waals surface area contributed by atoms with Gasteiger partial charge in [-0.3, -0.25) is 9.48 Å². The molecular formula is C11H15F3N4O3. The van der Waals surface area contributed by atoms with Gasteiger partial charge in [-0.1, -0.05) is 0 Å². The highest BCUT2D eigenvalue weighted by Crippen LogP contribution is 2.14. The van der Waals surface area contributed by atoms with E-state index in [0.717, 1.165) is 5.69 Å². The first-order valence-electron chi connectivity index (χ1n) is 5.95. The van der Waals surface area contributed by atoms with Crippen molar-refractivity contribution >= 4 is 17.8 Å². The van der Waals surface area contributed by atoms with Crippen LogP contribution in [0.2, 0.25) is 0 Å². The van der Waals surface area contributed by atoms with Crippen LogP contribution in [0, 0.1) is 6.92 Å². The summed E-state index contributed by atoms with van der Waals surface area (Å²) < 4.78 is 40.7. The van der Waals surface area contributed by atoms with Crippen LogP contribution in [0.15, 0.2) is 6.07 Å². The molecule has 0 unspecified atom stereocenters. The second-order valence-electron chi connectivity index (χ2n) is 4.21. The van der Waals surface area contributed by atoms with E-state index in [2.05, 4.69) is 15.2 Å². The quantitative estimate of drug-likeness (QED) is 0.860. The van der Waals surface area contributed by atoms with E-state index < -0.39 is 24.8 Å². The molecule has 1 heterocycles. The molecular weight excluding hydrogens is 293 g/mol. The first-order valence-corrected chi connectivity index (χ1v) is 5.95. The number of nitrogens with zero attached hydrogens (tertiary/aromatic N) is 2. The Morgan fingerprint density at radius 2 is 2.10 bits per heavy atom. The number of alkyl halides is 3. The number of hydrogen-bond donors (Lipinski definition) is 2. The Morgan fingerprint density at radius 1 is 1.43 bits per heavy atom. The molecule has 1 rings (SSSR count). The molecule has 0 spiro atoms. The predicted octanol–water partition coefficient (Wildman–Crippen LogP) is 1.35. The number of halogens is 3. The number of anilines is 1. The predicted molar refractivity (Wildman–Crippen MR) is 66.6 cm³/mol. The summed E-state index contributed by atoms with van der Waals surface area (Å²) in [5.41, 5.74) is 0.724. The highest BCUT2D eigenvalue weighted by Gasteiger charge is 2.29. The minimum absolute atomic E-state index is 0.106. The lowest BCUT2D eigenvalue weighted by Gasteiger charge is -2.09. The third kappa shape index (κ3) is 6.63. The summed E-state index contributed by atoms with van der Waals surface area (Å²) >= 11 is 0. The third-order valence-corrected chi connectivity index (χ3v) is 2.26. The number of alkyl carbamates (subject to hydrolysis) is 1. The van der Waals surface area contributed by atoms with E-state index in [1.54, 1.807) is 20.0 Å². The Kier molecular flexibility index (Phi) is 5.56. The maximum atomic E-state index is 11.8. The van der Waals surface area contributed by atoms with Gasteiger partial charge in [0.25, 0.3) is 0 Å². The molecule has 0 aromatic carbocycles. The monoisotopic (exact) mass is 308 g/mol. The number of rotatable bonds is 5. The molecule has 21 heavy (non-hydrogen) atoms. The second kappa shape index (κ2) is 6.95. The summed E-state index contributed by atoms with van der Waals surface area (Å²) in [6, 6.07) is 1.66. The molecule has 0 bridgehead atoms. The van der Waals surface area contributed by atoms with E-state index >= 15 is 0 Å². The van der Waals surface area contributed by atoms with Gasteiger partial charge >= 0.3 is 12.3 Å². The van der Waals surface area contributed by atoms with Crippen LogP contribution in [0.1, 0.15) is 12.1 Å². The largest absolute Gasteiger partial charge is 0.440 e. The normalized spacial score (nSPS) is 11.1. The summed E-state index contributed by atoms with van der Waals surface area (Å²) in [6.07, 6.45) is -5.91. The fourth-order valence-corrected chi connectivity index (χ4v) is 1.41. The van der Waals surface area contributed by atoms with Crippen molar-refractivity contribution in [1.29, 1.82) is 0 Å². The molecule has 0 atom stereocenters. The van der Waals surface area contributed by atoms with Gasteiger partial charge in [0.1, 0.15) is 5.82 Å². The zero-order valence-corrected chi connectivity index (χ0v) is 11.5.